The van der Waals surface area contributed by atoms with Crippen molar-refractivity contribution in [3.8, 4) is 0 Å². The quantitative estimate of drug-likeness (QED) is 0.860. The zero-order valence-electron chi connectivity index (χ0n) is 12.2. The number of benzene rings is 1. The Morgan fingerprint density at radius 2 is 1.68 bits per heavy atom. The van der Waals surface area contributed by atoms with Crippen LogP contribution in [0.2, 0.25) is 0 Å². The summed E-state index contributed by atoms with van der Waals surface area (Å²) >= 11 is 0. The lowest BCUT2D eigenvalue weighted by molar-refractivity contribution is -0.137. The molecular formula is C15H17F3N2O2. The van der Waals surface area contributed by atoms with Crippen LogP contribution >= 0.6 is 0 Å². The van der Waals surface area contributed by atoms with Gasteiger partial charge >= 0.3 is 6.18 Å². The third kappa shape index (κ3) is 3.78. The number of amides is 2. The number of carbonyl (C=O) groups is 2. The van der Waals surface area contributed by atoms with Crippen LogP contribution in [0.15, 0.2) is 24.3 Å². The molecule has 120 valence electrons. The van der Waals surface area contributed by atoms with Crippen LogP contribution in [0.3, 0.4) is 0 Å². The first-order chi connectivity index (χ1) is 10.3. The highest BCUT2D eigenvalue weighted by Crippen LogP contribution is 2.30. The van der Waals surface area contributed by atoms with E-state index in [2.05, 4.69) is 0 Å². The molecule has 1 aromatic rings. The lowest BCUT2D eigenvalue weighted by atomic mass is 10.2. The Morgan fingerprint density at radius 1 is 1.14 bits per heavy atom. The van der Waals surface area contributed by atoms with Gasteiger partial charge in [0.2, 0.25) is 11.8 Å². The van der Waals surface area contributed by atoms with Gasteiger partial charge in [-0.3, -0.25) is 9.59 Å². The van der Waals surface area contributed by atoms with E-state index in [-0.39, 0.29) is 24.0 Å². The standard InChI is InChI=1S/C15H17F3N2O2/c1-11(21)20(10-14(22)19-8-2-3-9-19)13-6-4-12(5-7-13)15(16,17)18/h4-7H,2-3,8-10H2,1H3. The number of hydrogen-bond acceptors (Lipinski definition) is 2. The summed E-state index contributed by atoms with van der Waals surface area (Å²) in [6, 6.07) is 4.24. The van der Waals surface area contributed by atoms with Gasteiger partial charge in [0.05, 0.1) is 5.56 Å². The monoisotopic (exact) mass is 314 g/mol. The van der Waals surface area contributed by atoms with Crippen LogP contribution in [0.5, 0.6) is 0 Å². The fraction of sp³-hybridized carbons (Fsp3) is 0.467. The van der Waals surface area contributed by atoms with E-state index in [1.165, 1.54) is 24.0 Å². The first-order valence-electron chi connectivity index (χ1n) is 7.02. The molecule has 2 rings (SSSR count). The van der Waals surface area contributed by atoms with Gasteiger partial charge in [-0.05, 0) is 37.1 Å². The van der Waals surface area contributed by atoms with Crippen molar-refractivity contribution in [3.63, 3.8) is 0 Å². The fourth-order valence-electron chi connectivity index (χ4n) is 2.42. The largest absolute Gasteiger partial charge is 0.416 e. The Bertz CT molecular complexity index is 549. The number of nitrogens with zero attached hydrogens (tertiary/aromatic N) is 2. The summed E-state index contributed by atoms with van der Waals surface area (Å²) in [5.41, 5.74) is -0.501. The lowest BCUT2D eigenvalue weighted by Gasteiger charge is -2.24. The van der Waals surface area contributed by atoms with E-state index in [1.807, 2.05) is 0 Å². The molecule has 0 aromatic heterocycles. The van der Waals surface area contributed by atoms with Crippen LogP contribution in [-0.2, 0) is 15.8 Å². The molecule has 7 heteroatoms. The van der Waals surface area contributed by atoms with Gasteiger partial charge in [0.25, 0.3) is 0 Å². The molecule has 2 amide bonds. The molecule has 0 atom stereocenters. The molecule has 1 fully saturated rings. The first-order valence-corrected chi connectivity index (χ1v) is 7.02. The van der Waals surface area contributed by atoms with Crippen LogP contribution < -0.4 is 4.90 Å². The zero-order chi connectivity index (χ0) is 16.3. The van der Waals surface area contributed by atoms with Gasteiger partial charge in [-0.1, -0.05) is 0 Å². The van der Waals surface area contributed by atoms with Gasteiger partial charge in [0.15, 0.2) is 0 Å². The molecule has 1 aliphatic heterocycles. The number of rotatable bonds is 3. The van der Waals surface area contributed by atoms with Gasteiger partial charge in [0.1, 0.15) is 6.54 Å². The van der Waals surface area contributed by atoms with E-state index in [9.17, 15) is 22.8 Å². The topological polar surface area (TPSA) is 40.6 Å². The number of halogens is 3. The number of hydrogen-bond donors (Lipinski definition) is 0. The molecule has 0 unspecified atom stereocenters. The Balaban J connectivity index is 2.14. The maximum absolute atomic E-state index is 12.6. The summed E-state index contributed by atoms with van der Waals surface area (Å²) in [5, 5.41) is 0. The second-order valence-electron chi connectivity index (χ2n) is 5.24. The second kappa shape index (κ2) is 6.37. The minimum atomic E-state index is -4.43. The zero-order valence-corrected chi connectivity index (χ0v) is 12.2. The molecule has 1 aromatic carbocycles. The highest BCUT2D eigenvalue weighted by molar-refractivity contribution is 5.97. The fourth-order valence-corrected chi connectivity index (χ4v) is 2.42. The van der Waals surface area contributed by atoms with Gasteiger partial charge in [-0.15, -0.1) is 0 Å². The van der Waals surface area contributed by atoms with Crippen molar-refractivity contribution in [3.05, 3.63) is 29.8 Å². The first kappa shape index (κ1) is 16.3. The van der Waals surface area contributed by atoms with Crippen LogP contribution in [-0.4, -0.2) is 36.3 Å². The third-order valence-corrected chi connectivity index (χ3v) is 3.64. The van der Waals surface area contributed by atoms with Crippen LogP contribution in [0.25, 0.3) is 0 Å². The van der Waals surface area contributed by atoms with E-state index in [0.717, 1.165) is 25.0 Å². The van der Waals surface area contributed by atoms with Crippen molar-refractivity contribution < 1.29 is 22.8 Å². The van der Waals surface area contributed by atoms with Crippen LogP contribution in [0.4, 0.5) is 18.9 Å². The van der Waals surface area contributed by atoms with Gasteiger partial charge < -0.3 is 9.80 Å². The van der Waals surface area contributed by atoms with Gasteiger partial charge in [0, 0.05) is 25.7 Å². The van der Waals surface area contributed by atoms with E-state index in [1.54, 1.807) is 4.90 Å². The molecule has 1 heterocycles. The van der Waals surface area contributed by atoms with Crippen LogP contribution in [0, 0.1) is 0 Å². The molecule has 22 heavy (non-hydrogen) atoms. The third-order valence-electron chi connectivity index (χ3n) is 3.64. The smallest absolute Gasteiger partial charge is 0.341 e. The summed E-state index contributed by atoms with van der Waals surface area (Å²) in [4.78, 5) is 26.7. The molecule has 0 radical (unpaired) electrons. The molecule has 1 saturated heterocycles. The average molecular weight is 314 g/mol. The Kier molecular flexibility index (Phi) is 4.73. The Morgan fingerprint density at radius 3 is 2.14 bits per heavy atom. The molecule has 0 aliphatic carbocycles. The van der Waals surface area contributed by atoms with Crippen molar-refractivity contribution in [1.82, 2.24) is 4.90 Å². The Hall–Kier alpha value is -2.05. The molecular weight excluding hydrogens is 297 g/mol. The molecule has 0 saturated carbocycles. The van der Waals surface area contributed by atoms with E-state index in [4.69, 9.17) is 0 Å². The minimum Gasteiger partial charge on any atom is -0.341 e. The maximum atomic E-state index is 12.6. The predicted molar refractivity (Wildman–Crippen MR) is 75.3 cm³/mol. The molecule has 1 aliphatic rings. The second-order valence-corrected chi connectivity index (χ2v) is 5.24. The average Bonchev–Trinajstić information content (AvgIpc) is 2.97. The van der Waals surface area contributed by atoms with Crippen molar-refractivity contribution in [2.75, 3.05) is 24.5 Å². The SMILES string of the molecule is CC(=O)N(CC(=O)N1CCCC1)c1ccc(C(F)(F)F)cc1. The highest BCUT2D eigenvalue weighted by atomic mass is 19.4. The summed E-state index contributed by atoms with van der Waals surface area (Å²) < 4.78 is 37.7. The molecule has 0 bridgehead atoms. The van der Waals surface area contributed by atoms with Crippen molar-refractivity contribution in [2.24, 2.45) is 0 Å². The number of likely N-dealkylation sites (tertiary alicyclic amines) is 1. The predicted octanol–water partition coefficient (Wildman–Crippen LogP) is 2.68. The van der Waals surface area contributed by atoms with Gasteiger partial charge in [-0.25, -0.2) is 0 Å². The van der Waals surface area contributed by atoms with Crippen LogP contribution in [0.1, 0.15) is 25.3 Å². The minimum absolute atomic E-state index is 0.152. The highest BCUT2D eigenvalue weighted by Gasteiger charge is 2.30. The molecule has 0 N–H and O–H groups in total. The van der Waals surface area contributed by atoms with Crippen molar-refractivity contribution in [1.29, 1.82) is 0 Å². The van der Waals surface area contributed by atoms with E-state index >= 15 is 0 Å². The van der Waals surface area contributed by atoms with Crippen molar-refractivity contribution >= 4 is 17.5 Å². The summed E-state index contributed by atoms with van der Waals surface area (Å²) in [6.45, 7) is 2.46. The summed E-state index contributed by atoms with van der Waals surface area (Å²) in [7, 11) is 0. The lowest BCUT2D eigenvalue weighted by Crippen LogP contribution is -2.41. The van der Waals surface area contributed by atoms with Crippen molar-refractivity contribution in [2.45, 2.75) is 25.9 Å². The number of alkyl halides is 3. The molecule has 0 spiro atoms. The van der Waals surface area contributed by atoms with Gasteiger partial charge in [-0.2, -0.15) is 13.2 Å². The van der Waals surface area contributed by atoms with E-state index in [0.29, 0.717) is 13.1 Å². The maximum Gasteiger partial charge on any atom is 0.416 e. The molecule has 4 nitrogen and oxygen atoms in total. The normalized spacial score (nSPS) is 15.0. The Labute approximate surface area is 126 Å². The number of anilines is 1. The number of carbonyl (C=O) groups excluding carboxylic acids is 2. The summed E-state index contributed by atoms with van der Waals surface area (Å²) in [5.74, 6) is -0.570. The summed E-state index contributed by atoms with van der Waals surface area (Å²) in [6.07, 6.45) is -2.55. The van der Waals surface area contributed by atoms with E-state index < -0.39 is 11.7 Å².